The third kappa shape index (κ3) is 4.35. The predicted molar refractivity (Wildman–Crippen MR) is 95.8 cm³/mol. The van der Waals surface area contributed by atoms with Gasteiger partial charge in [-0.2, -0.15) is 0 Å². The number of carbonyl (C=O) groups excluding carboxylic acids is 1. The zero-order chi connectivity index (χ0) is 17.6. The summed E-state index contributed by atoms with van der Waals surface area (Å²) in [5, 5.41) is 11.2. The summed E-state index contributed by atoms with van der Waals surface area (Å²) in [6.07, 6.45) is 2.53. The number of hydrogen-bond acceptors (Lipinski definition) is 4. The third-order valence-corrected chi connectivity index (χ3v) is 3.70. The monoisotopic (exact) mass is 338 g/mol. The van der Waals surface area contributed by atoms with Crippen LogP contribution in [0.1, 0.15) is 30.0 Å². The van der Waals surface area contributed by atoms with Crippen LogP contribution in [0.5, 0.6) is 5.75 Å². The molecule has 6 heteroatoms. The van der Waals surface area contributed by atoms with E-state index in [0.29, 0.717) is 36.8 Å². The molecule has 0 radical (unpaired) electrons. The number of carbonyl (C=O) groups is 1. The van der Waals surface area contributed by atoms with Crippen molar-refractivity contribution in [2.75, 3.05) is 13.2 Å². The van der Waals surface area contributed by atoms with E-state index in [1.54, 1.807) is 12.1 Å². The number of amides is 1. The van der Waals surface area contributed by atoms with E-state index in [1.165, 1.54) is 0 Å². The van der Waals surface area contributed by atoms with E-state index in [0.717, 1.165) is 11.5 Å². The van der Waals surface area contributed by atoms with E-state index >= 15 is 0 Å². The molecule has 0 fully saturated rings. The number of rotatable bonds is 7. The van der Waals surface area contributed by atoms with Gasteiger partial charge >= 0.3 is 0 Å². The molecule has 130 valence electrons. The standard InChI is InChI=1S/C19H22N4O2/c1-14(2)13-25-16-7-5-6-15(12-16)19(24)20-10-9-18-22-21-17-8-3-4-11-23(17)18/h3-8,11-12,14H,9-10,13H2,1-2H3,(H,20,24). The van der Waals surface area contributed by atoms with Gasteiger partial charge in [0.1, 0.15) is 11.6 Å². The maximum absolute atomic E-state index is 12.3. The molecule has 6 nitrogen and oxygen atoms in total. The highest BCUT2D eigenvalue weighted by molar-refractivity contribution is 5.94. The van der Waals surface area contributed by atoms with Crippen LogP contribution in [-0.4, -0.2) is 33.7 Å². The van der Waals surface area contributed by atoms with E-state index in [4.69, 9.17) is 4.74 Å². The zero-order valence-corrected chi connectivity index (χ0v) is 14.5. The molecule has 2 heterocycles. The highest BCUT2D eigenvalue weighted by Crippen LogP contribution is 2.14. The quantitative estimate of drug-likeness (QED) is 0.719. The van der Waals surface area contributed by atoms with Crippen LogP contribution in [-0.2, 0) is 6.42 Å². The lowest BCUT2D eigenvalue weighted by molar-refractivity contribution is 0.0953. The molecule has 0 aliphatic carbocycles. The van der Waals surface area contributed by atoms with Gasteiger partial charge in [0.15, 0.2) is 5.65 Å². The fourth-order valence-corrected chi connectivity index (χ4v) is 2.44. The van der Waals surface area contributed by atoms with Crippen molar-refractivity contribution < 1.29 is 9.53 Å². The number of nitrogens with one attached hydrogen (secondary N) is 1. The molecular formula is C19H22N4O2. The van der Waals surface area contributed by atoms with Gasteiger partial charge in [0.25, 0.3) is 5.91 Å². The van der Waals surface area contributed by atoms with Gasteiger partial charge in [-0.05, 0) is 36.2 Å². The Labute approximate surface area is 146 Å². The van der Waals surface area contributed by atoms with Gasteiger partial charge in [-0.3, -0.25) is 9.20 Å². The zero-order valence-electron chi connectivity index (χ0n) is 14.5. The van der Waals surface area contributed by atoms with E-state index in [1.807, 2.05) is 40.9 Å². The minimum atomic E-state index is -0.121. The highest BCUT2D eigenvalue weighted by atomic mass is 16.5. The number of ether oxygens (including phenoxy) is 1. The van der Waals surface area contributed by atoms with Crippen LogP contribution in [0.3, 0.4) is 0 Å². The van der Waals surface area contributed by atoms with E-state index in [-0.39, 0.29) is 5.91 Å². The van der Waals surface area contributed by atoms with Crippen molar-refractivity contribution in [2.45, 2.75) is 20.3 Å². The average molecular weight is 338 g/mol. The van der Waals surface area contributed by atoms with Crippen molar-refractivity contribution in [3.8, 4) is 5.75 Å². The van der Waals surface area contributed by atoms with Gasteiger partial charge < -0.3 is 10.1 Å². The first-order valence-electron chi connectivity index (χ1n) is 8.43. The Morgan fingerprint density at radius 1 is 1.20 bits per heavy atom. The summed E-state index contributed by atoms with van der Waals surface area (Å²) in [6.45, 7) is 5.30. The number of aromatic nitrogens is 3. The lowest BCUT2D eigenvalue weighted by Crippen LogP contribution is -2.26. The van der Waals surface area contributed by atoms with E-state index in [2.05, 4.69) is 29.4 Å². The van der Waals surface area contributed by atoms with Crippen LogP contribution in [0.4, 0.5) is 0 Å². The maximum Gasteiger partial charge on any atom is 0.251 e. The smallest absolute Gasteiger partial charge is 0.251 e. The van der Waals surface area contributed by atoms with Gasteiger partial charge in [0.2, 0.25) is 0 Å². The lowest BCUT2D eigenvalue weighted by Gasteiger charge is -2.10. The van der Waals surface area contributed by atoms with Gasteiger partial charge in [-0.15, -0.1) is 10.2 Å². The number of benzene rings is 1. The Balaban J connectivity index is 1.56. The first kappa shape index (κ1) is 17.0. The Hall–Kier alpha value is -2.89. The number of fused-ring (bicyclic) bond motifs is 1. The minimum Gasteiger partial charge on any atom is -0.493 e. The van der Waals surface area contributed by atoms with Crippen molar-refractivity contribution in [1.82, 2.24) is 19.9 Å². The first-order chi connectivity index (χ1) is 12.1. The van der Waals surface area contributed by atoms with Gasteiger partial charge in [0.05, 0.1) is 6.61 Å². The second kappa shape index (κ2) is 7.79. The molecule has 1 amide bonds. The Morgan fingerprint density at radius 2 is 2.08 bits per heavy atom. The molecule has 0 unspecified atom stereocenters. The average Bonchev–Trinajstić information content (AvgIpc) is 3.03. The van der Waals surface area contributed by atoms with E-state index in [9.17, 15) is 4.79 Å². The van der Waals surface area contributed by atoms with Crippen LogP contribution >= 0.6 is 0 Å². The molecule has 0 bridgehead atoms. The third-order valence-electron chi connectivity index (χ3n) is 3.70. The number of hydrogen-bond donors (Lipinski definition) is 1. The fourth-order valence-electron chi connectivity index (χ4n) is 2.44. The van der Waals surface area contributed by atoms with Crippen LogP contribution in [0, 0.1) is 5.92 Å². The molecule has 0 atom stereocenters. The minimum absolute atomic E-state index is 0.121. The van der Waals surface area contributed by atoms with Crippen LogP contribution in [0.2, 0.25) is 0 Å². The molecule has 0 saturated carbocycles. The SMILES string of the molecule is CC(C)COc1cccc(C(=O)NCCc2nnc3ccccn23)c1. The van der Waals surface area contributed by atoms with Crippen LogP contribution in [0.15, 0.2) is 48.7 Å². The summed E-state index contributed by atoms with van der Waals surface area (Å²) in [5.41, 5.74) is 1.39. The summed E-state index contributed by atoms with van der Waals surface area (Å²) in [6, 6.07) is 13.0. The molecule has 0 saturated heterocycles. The molecular weight excluding hydrogens is 316 g/mol. The molecule has 0 aliphatic heterocycles. The summed E-state index contributed by atoms with van der Waals surface area (Å²) in [5.74, 6) is 1.86. The van der Waals surface area contributed by atoms with Crippen LogP contribution in [0.25, 0.3) is 5.65 Å². The molecule has 1 aromatic carbocycles. The normalized spacial score (nSPS) is 11.0. The Morgan fingerprint density at radius 3 is 2.92 bits per heavy atom. The molecule has 1 N–H and O–H groups in total. The van der Waals surface area contributed by atoms with Crippen molar-refractivity contribution >= 4 is 11.6 Å². The van der Waals surface area contributed by atoms with Crippen molar-refractivity contribution in [3.63, 3.8) is 0 Å². The molecule has 0 aliphatic rings. The summed E-state index contributed by atoms with van der Waals surface area (Å²) >= 11 is 0. The predicted octanol–water partition coefficient (Wildman–Crippen LogP) is 2.74. The second-order valence-electron chi connectivity index (χ2n) is 6.28. The van der Waals surface area contributed by atoms with Gasteiger partial charge in [-0.25, -0.2) is 0 Å². The molecule has 0 spiro atoms. The second-order valence-corrected chi connectivity index (χ2v) is 6.28. The number of pyridine rings is 1. The summed E-state index contributed by atoms with van der Waals surface area (Å²) in [4.78, 5) is 12.3. The van der Waals surface area contributed by atoms with Crippen LogP contribution < -0.4 is 10.1 Å². The number of nitrogens with zero attached hydrogens (tertiary/aromatic N) is 3. The Kier molecular flexibility index (Phi) is 5.28. The van der Waals surface area contributed by atoms with Crippen molar-refractivity contribution in [3.05, 3.63) is 60.0 Å². The summed E-state index contributed by atoms with van der Waals surface area (Å²) in [7, 11) is 0. The highest BCUT2D eigenvalue weighted by Gasteiger charge is 2.09. The van der Waals surface area contributed by atoms with E-state index < -0.39 is 0 Å². The maximum atomic E-state index is 12.3. The topological polar surface area (TPSA) is 68.5 Å². The van der Waals surface area contributed by atoms with Crippen molar-refractivity contribution in [2.24, 2.45) is 5.92 Å². The van der Waals surface area contributed by atoms with Crippen molar-refractivity contribution in [1.29, 1.82) is 0 Å². The molecule has 3 aromatic rings. The Bertz CT molecular complexity index is 857. The fraction of sp³-hybridized carbons (Fsp3) is 0.316. The summed E-state index contributed by atoms with van der Waals surface area (Å²) < 4.78 is 7.59. The van der Waals surface area contributed by atoms with Gasteiger partial charge in [0, 0.05) is 24.7 Å². The molecule has 25 heavy (non-hydrogen) atoms. The van der Waals surface area contributed by atoms with Gasteiger partial charge in [-0.1, -0.05) is 26.0 Å². The lowest BCUT2D eigenvalue weighted by atomic mass is 10.2. The first-order valence-corrected chi connectivity index (χ1v) is 8.43. The largest absolute Gasteiger partial charge is 0.493 e. The molecule has 3 rings (SSSR count). The molecule has 2 aromatic heterocycles.